The maximum absolute atomic E-state index is 14.1. The highest BCUT2D eigenvalue weighted by molar-refractivity contribution is 5.99. The third-order valence-corrected chi connectivity index (χ3v) is 3.97. The summed E-state index contributed by atoms with van der Waals surface area (Å²) in [7, 11) is 0. The zero-order valence-corrected chi connectivity index (χ0v) is 11.1. The highest BCUT2D eigenvalue weighted by atomic mass is 19.1. The van der Waals surface area contributed by atoms with Crippen molar-refractivity contribution in [3.05, 3.63) is 30.2 Å². The van der Waals surface area contributed by atoms with E-state index in [0.717, 1.165) is 43.1 Å². The lowest BCUT2D eigenvalue weighted by Gasteiger charge is -2.32. The number of piperidine rings is 1. The van der Waals surface area contributed by atoms with E-state index in [0.29, 0.717) is 11.1 Å². The van der Waals surface area contributed by atoms with E-state index in [2.05, 4.69) is 16.8 Å². The number of anilines is 2. The van der Waals surface area contributed by atoms with Gasteiger partial charge in [0.2, 0.25) is 0 Å². The van der Waals surface area contributed by atoms with Gasteiger partial charge in [-0.2, -0.15) is 0 Å². The largest absolute Gasteiger partial charge is 0.398 e. The van der Waals surface area contributed by atoms with Crippen molar-refractivity contribution < 1.29 is 4.39 Å². The summed E-state index contributed by atoms with van der Waals surface area (Å²) < 4.78 is 14.1. The molecule has 1 aromatic carbocycles. The molecule has 0 bridgehead atoms. The van der Waals surface area contributed by atoms with Crippen LogP contribution in [0.3, 0.4) is 0 Å². The number of pyridine rings is 1. The van der Waals surface area contributed by atoms with Gasteiger partial charge in [-0.3, -0.25) is 0 Å². The van der Waals surface area contributed by atoms with Gasteiger partial charge in [-0.05, 0) is 37.0 Å². The number of rotatable bonds is 1. The van der Waals surface area contributed by atoms with Crippen LogP contribution in [0.1, 0.15) is 19.8 Å². The summed E-state index contributed by atoms with van der Waals surface area (Å²) in [6, 6.07) is 4.82. The number of nitrogens with zero attached hydrogens (tertiary/aromatic N) is 2. The molecule has 0 atom stereocenters. The van der Waals surface area contributed by atoms with Crippen molar-refractivity contribution in [1.82, 2.24) is 4.98 Å². The van der Waals surface area contributed by atoms with E-state index in [4.69, 9.17) is 5.73 Å². The molecule has 1 aliphatic heterocycles. The number of hydrogen-bond acceptors (Lipinski definition) is 3. The van der Waals surface area contributed by atoms with Gasteiger partial charge >= 0.3 is 0 Å². The first kappa shape index (κ1) is 12.2. The molecule has 1 fully saturated rings. The molecule has 100 valence electrons. The molecule has 0 unspecified atom stereocenters. The summed E-state index contributed by atoms with van der Waals surface area (Å²) in [5.41, 5.74) is 6.53. The van der Waals surface area contributed by atoms with Crippen LogP contribution >= 0.6 is 0 Å². The van der Waals surface area contributed by atoms with Gasteiger partial charge in [0.05, 0.1) is 5.39 Å². The minimum atomic E-state index is -0.245. The normalized spacial score (nSPS) is 17.1. The molecule has 0 saturated carbocycles. The van der Waals surface area contributed by atoms with E-state index in [9.17, 15) is 4.39 Å². The summed E-state index contributed by atoms with van der Waals surface area (Å²) in [6.45, 7) is 4.12. The first-order valence-electron chi connectivity index (χ1n) is 6.74. The second-order valence-corrected chi connectivity index (χ2v) is 5.36. The van der Waals surface area contributed by atoms with Gasteiger partial charge in [-0.1, -0.05) is 6.92 Å². The fourth-order valence-electron chi connectivity index (χ4n) is 2.72. The van der Waals surface area contributed by atoms with Crippen LogP contribution in [0.2, 0.25) is 0 Å². The molecular formula is C15H18FN3. The monoisotopic (exact) mass is 259 g/mol. The molecule has 2 N–H and O–H groups in total. The van der Waals surface area contributed by atoms with Gasteiger partial charge in [0.1, 0.15) is 11.6 Å². The average molecular weight is 259 g/mol. The molecule has 1 saturated heterocycles. The second kappa shape index (κ2) is 4.68. The SMILES string of the molecule is CC1CCN(c2nccc3c(N)ccc(F)c23)CC1. The maximum atomic E-state index is 14.1. The topological polar surface area (TPSA) is 42.2 Å². The highest BCUT2D eigenvalue weighted by Crippen LogP contribution is 2.32. The van der Waals surface area contributed by atoms with E-state index in [1.807, 2.05) is 0 Å². The predicted molar refractivity (Wildman–Crippen MR) is 76.7 cm³/mol. The lowest BCUT2D eigenvalue weighted by molar-refractivity contribution is 0.437. The van der Waals surface area contributed by atoms with Gasteiger partial charge in [-0.25, -0.2) is 9.37 Å². The van der Waals surface area contributed by atoms with E-state index in [1.54, 1.807) is 18.3 Å². The number of hydrogen-bond donors (Lipinski definition) is 1. The highest BCUT2D eigenvalue weighted by Gasteiger charge is 2.20. The molecular weight excluding hydrogens is 241 g/mol. The van der Waals surface area contributed by atoms with Crippen LogP contribution in [-0.2, 0) is 0 Å². The lowest BCUT2D eigenvalue weighted by Crippen LogP contribution is -2.33. The summed E-state index contributed by atoms with van der Waals surface area (Å²) in [5.74, 6) is 1.22. The number of aromatic nitrogens is 1. The third-order valence-electron chi connectivity index (χ3n) is 3.97. The zero-order valence-electron chi connectivity index (χ0n) is 11.1. The average Bonchev–Trinajstić information content (AvgIpc) is 2.43. The fourth-order valence-corrected chi connectivity index (χ4v) is 2.72. The third kappa shape index (κ3) is 2.11. The quantitative estimate of drug-likeness (QED) is 0.800. The number of nitrogen functional groups attached to an aromatic ring is 1. The van der Waals surface area contributed by atoms with E-state index >= 15 is 0 Å². The Morgan fingerprint density at radius 3 is 2.74 bits per heavy atom. The molecule has 1 aromatic heterocycles. The number of halogens is 1. The molecule has 1 aliphatic rings. The predicted octanol–water partition coefficient (Wildman–Crippen LogP) is 3.19. The maximum Gasteiger partial charge on any atom is 0.139 e. The van der Waals surface area contributed by atoms with Crippen molar-refractivity contribution in [2.45, 2.75) is 19.8 Å². The summed E-state index contributed by atoms with van der Waals surface area (Å²) in [6.07, 6.45) is 3.97. The van der Waals surface area contributed by atoms with Crippen molar-refractivity contribution >= 4 is 22.3 Å². The molecule has 2 aromatic rings. The van der Waals surface area contributed by atoms with E-state index < -0.39 is 0 Å². The van der Waals surface area contributed by atoms with Gasteiger partial charge in [0.15, 0.2) is 0 Å². The standard InChI is InChI=1S/C15H18FN3/c1-10-5-8-19(9-6-10)15-14-11(4-7-18-15)13(17)3-2-12(14)16/h2-4,7,10H,5-6,8-9,17H2,1H3. The van der Waals surface area contributed by atoms with Crippen molar-refractivity contribution in [3.63, 3.8) is 0 Å². The Bertz CT molecular complexity index is 604. The number of nitrogens with two attached hydrogens (primary N) is 1. The van der Waals surface area contributed by atoms with Crippen LogP contribution in [0.4, 0.5) is 15.9 Å². The van der Waals surface area contributed by atoms with Crippen molar-refractivity contribution in [3.8, 4) is 0 Å². The molecule has 2 heterocycles. The Morgan fingerprint density at radius 2 is 2.00 bits per heavy atom. The summed E-state index contributed by atoms with van der Waals surface area (Å²) in [5, 5.41) is 1.31. The van der Waals surface area contributed by atoms with Gasteiger partial charge < -0.3 is 10.6 Å². The summed E-state index contributed by atoms with van der Waals surface area (Å²) in [4.78, 5) is 6.56. The van der Waals surface area contributed by atoms with Gasteiger partial charge in [0, 0.05) is 30.4 Å². The molecule has 3 rings (SSSR count). The van der Waals surface area contributed by atoms with Crippen molar-refractivity contribution in [1.29, 1.82) is 0 Å². The fraction of sp³-hybridized carbons (Fsp3) is 0.400. The number of benzene rings is 1. The first-order chi connectivity index (χ1) is 9.16. The smallest absolute Gasteiger partial charge is 0.139 e. The van der Waals surface area contributed by atoms with Crippen LogP contribution in [-0.4, -0.2) is 18.1 Å². The Kier molecular flexibility index (Phi) is 3.01. The molecule has 0 aliphatic carbocycles. The van der Waals surface area contributed by atoms with E-state index in [1.165, 1.54) is 6.07 Å². The molecule has 0 radical (unpaired) electrons. The molecule has 3 nitrogen and oxygen atoms in total. The van der Waals surface area contributed by atoms with Crippen molar-refractivity contribution in [2.75, 3.05) is 23.7 Å². The minimum Gasteiger partial charge on any atom is -0.398 e. The van der Waals surface area contributed by atoms with Crippen LogP contribution in [0.15, 0.2) is 24.4 Å². The second-order valence-electron chi connectivity index (χ2n) is 5.36. The van der Waals surface area contributed by atoms with Crippen molar-refractivity contribution in [2.24, 2.45) is 5.92 Å². The van der Waals surface area contributed by atoms with Crippen LogP contribution in [0.5, 0.6) is 0 Å². The zero-order chi connectivity index (χ0) is 13.4. The van der Waals surface area contributed by atoms with Crippen LogP contribution < -0.4 is 10.6 Å². The van der Waals surface area contributed by atoms with Crippen LogP contribution in [0, 0.1) is 11.7 Å². The van der Waals surface area contributed by atoms with Gasteiger partial charge in [0.25, 0.3) is 0 Å². The Morgan fingerprint density at radius 1 is 1.26 bits per heavy atom. The Labute approximate surface area is 112 Å². The molecule has 4 heteroatoms. The summed E-state index contributed by atoms with van der Waals surface area (Å²) >= 11 is 0. The molecule has 19 heavy (non-hydrogen) atoms. The first-order valence-corrected chi connectivity index (χ1v) is 6.74. The van der Waals surface area contributed by atoms with Gasteiger partial charge in [-0.15, -0.1) is 0 Å². The number of fused-ring (bicyclic) bond motifs is 1. The van der Waals surface area contributed by atoms with Crippen LogP contribution in [0.25, 0.3) is 10.8 Å². The molecule has 0 spiro atoms. The lowest BCUT2D eigenvalue weighted by atomic mass is 9.98. The van der Waals surface area contributed by atoms with E-state index in [-0.39, 0.29) is 5.82 Å². The Balaban J connectivity index is 2.11. The Hall–Kier alpha value is -1.84. The minimum absolute atomic E-state index is 0.245. The molecule has 0 amide bonds.